The van der Waals surface area contributed by atoms with Gasteiger partial charge >= 0.3 is 0 Å². The Hall–Kier alpha value is -3.27. The lowest BCUT2D eigenvalue weighted by Gasteiger charge is -2.31. The highest BCUT2D eigenvalue weighted by atomic mass is 16.1. The number of anilines is 1. The van der Waals surface area contributed by atoms with Gasteiger partial charge in [0, 0.05) is 30.2 Å². The molecule has 4 heteroatoms. The van der Waals surface area contributed by atoms with E-state index in [0.29, 0.717) is 13.0 Å². The fourth-order valence-corrected chi connectivity index (χ4v) is 3.88. The van der Waals surface area contributed by atoms with Gasteiger partial charge in [0.2, 0.25) is 0 Å². The van der Waals surface area contributed by atoms with Crippen LogP contribution >= 0.6 is 0 Å². The Morgan fingerprint density at radius 1 is 1.06 bits per heavy atom. The van der Waals surface area contributed by atoms with Crippen molar-refractivity contribution < 1.29 is 4.79 Å². The summed E-state index contributed by atoms with van der Waals surface area (Å²) in [4.78, 5) is 24.5. The van der Waals surface area contributed by atoms with Crippen LogP contribution in [-0.2, 0) is 11.3 Å². The number of benzene rings is 1. The Morgan fingerprint density at radius 3 is 2.48 bits per heavy atom. The minimum absolute atomic E-state index is 0.228. The van der Waals surface area contributed by atoms with E-state index in [1.165, 1.54) is 12.8 Å². The molecule has 0 bridgehead atoms. The van der Waals surface area contributed by atoms with E-state index in [1.807, 2.05) is 67.7 Å². The van der Waals surface area contributed by atoms with Crippen molar-refractivity contribution in [3.05, 3.63) is 102 Å². The third kappa shape index (κ3) is 5.46. The Kier molecular flexibility index (Phi) is 6.56. The van der Waals surface area contributed by atoms with Crippen LogP contribution in [0.5, 0.6) is 0 Å². The molecule has 1 aliphatic carbocycles. The zero-order valence-corrected chi connectivity index (χ0v) is 18.1. The molecule has 1 unspecified atom stereocenters. The van der Waals surface area contributed by atoms with Crippen molar-refractivity contribution in [2.24, 2.45) is 5.92 Å². The summed E-state index contributed by atoms with van der Waals surface area (Å²) >= 11 is 0. The molecule has 2 aromatic heterocycles. The van der Waals surface area contributed by atoms with Crippen LogP contribution in [0.15, 0.2) is 85.3 Å². The number of aromatic nitrogens is 2. The predicted octanol–water partition coefficient (Wildman–Crippen LogP) is 5.85. The lowest BCUT2D eigenvalue weighted by Crippen LogP contribution is -2.30. The molecule has 1 fully saturated rings. The van der Waals surface area contributed by atoms with Crippen LogP contribution in [-0.4, -0.2) is 15.8 Å². The zero-order chi connectivity index (χ0) is 21.6. The summed E-state index contributed by atoms with van der Waals surface area (Å²) in [5.74, 6) is 1.34. The topological polar surface area (TPSA) is 46.1 Å². The normalized spacial score (nSPS) is 14.1. The predicted molar refractivity (Wildman–Crippen MR) is 125 cm³/mol. The first kappa shape index (κ1) is 21.0. The Bertz CT molecular complexity index is 1010. The number of rotatable bonds is 10. The summed E-state index contributed by atoms with van der Waals surface area (Å²) in [6.45, 7) is 6.96. The maximum Gasteiger partial charge on any atom is 0.146 e. The van der Waals surface area contributed by atoms with Gasteiger partial charge in [-0.25, -0.2) is 4.98 Å². The molecule has 4 rings (SSSR count). The molecule has 0 saturated heterocycles. The van der Waals surface area contributed by atoms with Gasteiger partial charge in [0.1, 0.15) is 11.6 Å². The molecule has 0 N–H and O–H groups in total. The molecule has 3 aromatic rings. The number of ketones is 1. The molecular formula is C27H29N3O. The smallest absolute Gasteiger partial charge is 0.146 e. The molecule has 0 radical (unpaired) electrons. The van der Waals surface area contributed by atoms with Crippen LogP contribution in [0, 0.1) is 12.8 Å². The number of nitrogens with zero attached hydrogens (tertiary/aromatic N) is 3. The first-order valence-electron chi connectivity index (χ1n) is 11.0. The minimum atomic E-state index is -0.389. The number of allylic oxidation sites excluding steroid dienone is 1. The van der Waals surface area contributed by atoms with E-state index in [4.69, 9.17) is 0 Å². The SMILES string of the molecule is C=C(C(C(=O)CCC1CC1)c1ccccc1)N(Cc1ccc(C)nc1)c1ccccn1. The Balaban J connectivity index is 1.66. The molecule has 1 aromatic carbocycles. The highest BCUT2D eigenvalue weighted by molar-refractivity contribution is 5.89. The molecule has 31 heavy (non-hydrogen) atoms. The summed E-state index contributed by atoms with van der Waals surface area (Å²) in [6, 6.07) is 19.9. The van der Waals surface area contributed by atoms with E-state index in [9.17, 15) is 4.79 Å². The quantitative estimate of drug-likeness (QED) is 0.420. The van der Waals surface area contributed by atoms with Gasteiger partial charge in [0.25, 0.3) is 0 Å². The molecule has 158 valence electrons. The summed E-state index contributed by atoms with van der Waals surface area (Å²) in [5, 5.41) is 0. The number of hydrogen-bond donors (Lipinski definition) is 0. The number of Topliss-reactive ketones (excluding diaryl/α,β-unsaturated/α-hetero) is 1. The molecule has 4 nitrogen and oxygen atoms in total. The van der Waals surface area contributed by atoms with E-state index in [1.54, 1.807) is 6.20 Å². The second-order valence-corrected chi connectivity index (χ2v) is 8.37. The Labute approximate surface area is 184 Å². The van der Waals surface area contributed by atoms with Gasteiger partial charge in [0.05, 0.1) is 12.5 Å². The van der Waals surface area contributed by atoms with E-state index >= 15 is 0 Å². The molecule has 1 saturated carbocycles. The van der Waals surface area contributed by atoms with Gasteiger partial charge < -0.3 is 4.90 Å². The second kappa shape index (κ2) is 9.69. The standard InChI is InChI=1S/C27H29N3O/c1-20-11-12-23(18-29-20)19-30(26-10-6-7-17-28-26)21(2)27(24-8-4-3-5-9-24)25(31)16-15-22-13-14-22/h3-12,17-18,22,27H,2,13-16,19H2,1H3. The van der Waals surface area contributed by atoms with Crippen LogP contribution in [0.2, 0.25) is 0 Å². The number of aryl methyl sites for hydroxylation is 1. The third-order valence-corrected chi connectivity index (χ3v) is 5.87. The lowest BCUT2D eigenvalue weighted by atomic mass is 9.88. The van der Waals surface area contributed by atoms with Crippen molar-refractivity contribution in [2.45, 2.75) is 45.1 Å². The highest BCUT2D eigenvalue weighted by Gasteiger charge is 2.30. The monoisotopic (exact) mass is 411 g/mol. The van der Waals surface area contributed by atoms with Crippen LogP contribution in [0.25, 0.3) is 0 Å². The lowest BCUT2D eigenvalue weighted by molar-refractivity contribution is -0.119. The van der Waals surface area contributed by atoms with Gasteiger partial charge in [-0.2, -0.15) is 0 Å². The van der Waals surface area contributed by atoms with Gasteiger partial charge in [-0.3, -0.25) is 9.78 Å². The van der Waals surface area contributed by atoms with E-state index in [-0.39, 0.29) is 11.7 Å². The number of carbonyl (C=O) groups excluding carboxylic acids is 1. The van der Waals surface area contributed by atoms with Crippen molar-refractivity contribution in [1.29, 1.82) is 0 Å². The molecule has 0 amide bonds. The van der Waals surface area contributed by atoms with Crippen molar-refractivity contribution in [3.8, 4) is 0 Å². The zero-order valence-electron chi connectivity index (χ0n) is 18.1. The number of hydrogen-bond acceptors (Lipinski definition) is 4. The van der Waals surface area contributed by atoms with Gasteiger partial charge in [0.15, 0.2) is 0 Å². The summed E-state index contributed by atoms with van der Waals surface area (Å²) in [7, 11) is 0. The van der Waals surface area contributed by atoms with Crippen molar-refractivity contribution >= 4 is 11.6 Å². The minimum Gasteiger partial charge on any atom is -0.325 e. The van der Waals surface area contributed by atoms with E-state index < -0.39 is 0 Å². The molecule has 0 spiro atoms. The Morgan fingerprint density at radius 2 is 1.84 bits per heavy atom. The largest absolute Gasteiger partial charge is 0.325 e. The fraction of sp³-hybridized carbons (Fsp3) is 0.296. The maximum atomic E-state index is 13.4. The van der Waals surface area contributed by atoms with E-state index in [0.717, 1.165) is 40.7 Å². The number of pyridine rings is 2. The summed E-state index contributed by atoms with van der Waals surface area (Å²) in [6.07, 6.45) is 7.72. The van der Waals surface area contributed by atoms with Crippen molar-refractivity contribution in [3.63, 3.8) is 0 Å². The summed E-state index contributed by atoms with van der Waals surface area (Å²) < 4.78 is 0. The van der Waals surface area contributed by atoms with Crippen molar-refractivity contribution in [1.82, 2.24) is 9.97 Å². The van der Waals surface area contributed by atoms with Crippen LogP contribution in [0.4, 0.5) is 5.82 Å². The maximum absolute atomic E-state index is 13.4. The van der Waals surface area contributed by atoms with Crippen LogP contribution in [0.3, 0.4) is 0 Å². The van der Waals surface area contributed by atoms with Crippen molar-refractivity contribution in [2.75, 3.05) is 4.90 Å². The second-order valence-electron chi connectivity index (χ2n) is 8.37. The van der Waals surface area contributed by atoms with Crippen LogP contribution in [0.1, 0.15) is 48.4 Å². The van der Waals surface area contributed by atoms with Crippen LogP contribution < -0.4 is 4.90 Å². The first-order valence-corrected chi connectivity index (χ1v) is 11.0. The molecule has 2 heterocycles. The van der Waals surface area contributed by atoms with Gasteiger partial charge in [-0.1, -0.05) is 61.9 Å². The summed E-state index contributed by atoms with van der Waals surface area (Å²) in [5.41, 5.74) is 3.77. The first-order chi connectivity index (χ1) is 15.1. The number of carbonyl (C=O) groups is 1. The third-order valence-electron chi connectivity index (χ3n) is 5.87. The molecule has 0 aliphatic heterocycles. The molecule has 1 aliphatic rings. The average molecular weight is 412 g/mol. The highest BCUT2D eigenvalue weighted by Crippen LogP contribution is 2.37. The fourth-order valence-electron chi connectivity index (χ4n) is 3.88. The molecule has 1 atom stereocenters. The molecular weight excluding hydrogens is 382 g/mol. The van der Waals surface area contributed by atoms with Gasteiger partial charge in [-0.15, -0.1) is 0 Å². The van der Waals surface area contributed by atoms with E-state index in [2.05, 4.69) is 27.5 Å². The van der Waals surface area contributed by atoms with Gasteiger partial charge in [-0.05, 0) is 48.6 Å². The average Bonchev–Trinajstić information content (AvgIpc) is 3.63.